The van der Waals surface area contributed by atoms with Crippen LogP contribution in [0.5, 0.6) is 0 Å². The standard InChI is InChI=1S/C21H22N6O3.C12H15N3O2.C9H8ClN3O/c1-21(2,3)30-20(28)27-16-10-14(5-4-12(16)11-22-27)24-19-25-15-8-9-29-17(15)18(26-19)23-13-6-7-13;1-12(2,3)17-11(16)15-10-6-9(13)5-4-8(10)7-14-15;10-9-12-6-3-4-14-7(6)8(13-9)11-5-1-2-5/h4-5,8-11,13H,6-7H2,1-3H3,(H2,23,24,25,26);4-7H,13H2,1-3H3;3-5H,1-2H2,(H,11,12,13). The number of halogens is 1. The van der Waals surface area contributed by atoms with Gasteiger partial charge in [0.1, 0.15) is 22.2 Å². The van der Waals surface area contributed by atoms with Crippen molar-refractivity contribution in [2.75, 3.05) is 21.7 Å². The molecule has 0 spiro atoms. The normalized spacial score (nSPS) is 14.0. The number of fused-ring (bicyclic) bond motifs is 4. The van der Waals surface area contributed by atoms with E-state index in [2.05, 4.69) is 46.1 Å². The summed E-state index contributed by atoms with van der Waals surface area (Å²) in [6.07, 6.45) is 10.0. The number of ether oxygens (including phenoxy) is 2. The number of anilines is 5. The van der Waals surface area contributed by atoms with Crippen LogP contribution in [0.1, 0.15) is 67.2 Å². The van der Waals surface area contributed by atoms with Crippen molar-refractivity contribution in [2.24, 2.45) is 0 Å². The van der Waals surface area contributed by atoms with Gasteiger partial charge >= 0.3 is 12.2 Å². The third kappa shape index (κ3) is 10.1. The van der Waals surface area contributed by atoms with E-state index in [1.807, 2.05) is 65.8 Å². The van der Waals surface area contributed by atoms with Crippen molar-refractivity contribution in [3.63, 3.8) is 0 Å². The second-order valence-electron chi connectivity index (χ2n) is 16.6. The van der Waals surface area contributed by atoms with Gasteiger partial charge in [0, 0.05) is 46.4 Å². The molecule has 2 aliphatic carbocycles. The molecule has 0 bridgehead atoms. The summed E-state index contributed by atoms with van der Waals surface area (Å²) in [4.78, 5) is 41.6. The van der Waals surface area contributed by atoms with E-state index in [4.69, 9.17) is 35.6 Å². The Morgan fingerprint density at radius 1 is 0.705 bits per heavy atom. The summed E-state index contributed by atoms with van der Waals surface area (Å²) >= 11 is 5.78. The van der Waals surface area contributed by atoms with Crippen LogP contribution in [0, 0.1) is 0 Å². The molecular weight excluding hydrogens is 804 g/mol. The van der Waals surface area contributed by atoms with Gasteiger partial charge in [-0.25, -0.2) is 19.6 Å². The molecule has 6 aromatic heterocycles. The fourth-order valence-corrected chi connectivity index (χ4v) is 6.13. The lowest BCUT2D eigenvalue weighted by Crippen LogP contribution is -2.27. The number of rotatable bonds is 6. The van der Waals surface area contributed by atoms with Gasteiger partial charge in [-0.2, -0.15) is 29.5 Å². The Bertz CT molecular complexity index is 2880. The first-order chi connectivity index (χ1) is 29.0. The monoisotopic (exact) mass is 848 g/mol. The van der Waals surface area contributed by atoms with Crippen molar-refractivity contribution in [1.82, 2.24) is 39.5 Å². The topological polar surface area (TPSA) is 228 Å². The van der Waals surface area contributed by atoms with Crippen molar-refractivity contribution in [3.05, 3.63) is 78.7 Å². The lowest BCUT2D eigenvalue weighted by molar-refractivity contribution is 0.0511. The minimum atomic E-state index is -0.607. The third-order valence-corrected chi connectivity index (χ3v) is 9.14. The van der Waals surface area contributed by atoms with Gasteiger partial charge in [-0.15, -0.1) is 0 Å². The van der Waals surface area contributed by atoms with Crippen LogP contribution in [0.25, 0.3) is 44.0 Å². The number of carbonyl (C=O) groups is 2. The highest BCUT2D eigenvalue weighted by atomic mass is 35.5. The zero-order valence-electron chi connectivity index (χ0n) is 34.4. The second-order valence-corrected chi connectivity index (χ2v) is 17.0. The molecule has 10 rings (SSSR count). The van der Waals surface area contributed by atoms with E-state index in [0.717, 1.165) is 40.3 Å². The van der Waals surface area contributed by atoms with Gasteiger partial charge in [-0.05, 0) is 115 Å². The molecule has 0 atom stereocenters. The SMILES string of the molecule is CC(C)(C)OC(=O)n1ncc2ccc(N)cc21.CC(C)(C)OC(=O)n1ncc2ccc(Nc3nc(NC4CC4)c4occc4n3)cc21.Clc1nc(NC2CC2)c2occc2n1. The third-order valence-electron chi connectivity index (χ3n) is 8.97. The largest absolute Gasteiger partial charge is 0.459 e. The highest BCUT2D eigenvalue weighted by Gasteiger charge is 2.26. The molecule has 2 saturated carbocycles. The summed E-state index contributed by atoms with van der Waals surface area (Å²) in [5.74, 6) is 1.82. The number of nitrogens with two attached hydrogens (primary N) is 1. The molecule has 2 fully saturated rings. The van der Waals surface area contributed by atoms with Crippen LogP contribution in [-0.4, -0.2) is 75.0 Å². The van der Waals surface area contributed by atoms with E-state index in [1.54, 1.807) is 49.2 Å². The fourth-order valence-electron chi connectivity index (χ4n) is 5.95. The Labute approximate surface area is 354 Å². The number of hydrogen-bond donors (Lipinski definition) is 4. The number of carbonyl (C=O) groups excluding carboxylic acids is 2. The maximum Gasteiger partial charge on any atom is 0.435 e. The zero-order valence-corrected chi connectivity index (χ0v) is 35.1. The first kappa shape index (κ1) is 40.8. The van der Waals surface area contributed by atoms with Crippen molar-refractivity contribution >= 4 is 96.8 Å². The molecule has 18 nitrogen and oxygen atoms in total. The Balaban J connectivity index is 0.000000139. The first-order valence-corrected chi connectivity index (χ1v) is 20.1. The fraction of sp³-hybridized carbons (Fsp3) is 0.333. The minimum Gasteiger partial charge on any atom is -0.459 e. The van der Waals surface area contributed by atoms with Crippen molar-refractivity contribution in [1.29, 1.82) is 0 Å². The number of furan rings is 2. The highest BCUT2D eigenvalue weighted by molar-refractivity contribution is 6.28. The maximum atomic E-state index is 12.5. The molecule has 316 valence electrons. The van der Waals surface area contributed by atoms with E-state index in [9.17, 15) is 9.59 Å². The molecule has 2 aliphatic rings. The molecule has 0 unspecified atom stereocenters. The Kier molecular flexibility index (Phi) is 10.9. The zero-order chi connectivity index (χ0) is 43.1. The van der Waals surface area contributed by atoms with Crippen LogP contribution in [0.3, 0.4) is 0 Å². The predicted octanol–water partition coefficient (Wildman–Crippen LogP) is 9.53. The van der Waals surface area contributed by atoms with E-state index < -0.39 is 23.4 Å². The predicted molar refractivity (Wildman–Crippen MR) is 232 cm³/mol. The van der Waals surface area contributed by atoms with Crippen molar-refractivity contribution in [3.8, 4) is 0 Å². The minimum absolute atomic E-state index is 0.252. The second kappa shape index (κ2) is 16.2. The van der Waals surface area contributed by atoms with Gasteiger partial charge < -0.3 is 40.0 Å². The highest BCUT2D eigenvalue weighted by Crippen LogP contribution is 2.31. The van der Waals surface area contributed by atoms with Crippen molar-refractivity contribution in [2.45, 2.75) is 90.5 Å². The number of nitrogens with one attached hydrogen (secondary N) is 3. The van der Waals surface area contributed by atoms with Gasteiger partial charge in [0.25, 0.3) is 0 Å². The summed E-state index contributed by atoms with van der Waals surface area (Å²) in [6, 6.07) is 15.4. The number of hydrogen-bond acceptors (Lipinski definition) is 16. The molecule has 61 heavy (non-hydrogen) atoms. The number of benzene rings is 2. The summed E-state index contributed by atoms with van der Waals surface area (Å²) in [6.45, 7) is 10.9. The number of aromatic nitrogens is 8. The Morgan fingerprint density at radius 2 is 1.21 bits per heavy atom. The lowest BCUT2D eigenvalue weighted by atomic mass is 10.2. The summed E-state index contributed by atoms with van der Waals surface area (Å²) in [7, 11) is 0. The molecule has 6 heterocycles. The van der Waals surface area contributed by atoms with Gasteiger partial charge in [0.05, 0.1) is 36.0 Å². The molecular formula is C42H45ClN12O6. The van der Waals surface area contributed by atoms with Crippen LogP contribution >= 0.6 is 11.6 Å². The van der Waals surface area contributed by atoms with Gasteiger partial charge in [-0.1, -0.05) is 0 Å². The molecule has 0 amide bonds. The van der Waals surface area contributed by atoms with Crippen LogP contribution in [0.15, 0.2) is 82.3 Å². The Hall–Kier alpha value is -6.95. The van der Waals surface area contributed by atoms with Gasteiger partial charge in [-0.3, -0.25) is 0 Å². The molecule has 0 saturated heterocycles. The van der Waals surface area contributed by atoms with E-state index >= 15 is 0 Å². The van der Waals surface area contributed by atoms with Gasteiger partial charge in [0.2, 0.25) is 11.2 Å². The number of nitrogen functional groups attached to an aromatic ring is 1. The molecule has 19 heteroatoms. The molecule has 5 N–H and O–H groups in total. The van der Waals surface area contributed by atoms with Crippen LogP contribution in [0.2, 0.25) is 5.28 Å². The smallest absolute Gasteiger partial charge is 0.435 e. The summed E-state index contributed by atoms with van der Waals surface area (Å²) < 4.78 is 24.0. The average molecular weight is 849 g/mol. The lowest BCUT2D eigenvalue weighted by Gasteiger charge is -2.19. The van der Waals surface area contributed by atoms with E-state index in [-0.39, 0.29) is 5.28 Å². The Morgan fingerprint density at radius 3 is 1.75 bits per heavy atom. The van der Waals surface area contributed by atoms with Crippen LogP contribution in [-0.2, 0) is 9.47 Å². The summed E-state index contributed by atoms with van der Waals surface area (Å²) in [5.41, 5.74) is 9.92. The van der Waals surface area contributed by atoms with Crippen LogP contribution < -0.4 is 21.7 Å². The quantitative estimate of drug-likeness (QED) is 0.0902. The molecule has 8 aromatic rings. The molecule has 0 aliphatic heterocycles. The van der Waals surface area contributed by atoms with Gasteiger partial charge in [0.15, 0.2) is 22.8 Å². The number of nitrogens with zero attached hydrogens (tertiary/aromatic N) is 8. The van der Waals surface area contributed by atoms with Crippen molar-refractivity contribution < 1.29 is 27.9 Å². The summed E-state index contributed by atoms with van der Waals surface area (Å²) in [5, 5.41) is 20.0. The maximum absolute atomic E-state index is 12.5. The van der Waals surface area contributed by atoms with E-state index in [1.165, 1.54) is 22.2 Å². The molecule has 0 radical (unpaired) electrons. The van der Waals surface area contributed by atoms with Crippen LogP contribution in [0.4, 0.5) is 38.5 Å². The average Bonchev–Trinajstić information content (AvgIpc) is 3.90. The molecule has 2 aromatic carbocycles. The first-order valence-electron chi connectivity index (χ1n) is 19.7. The van der Waals surface area contributed by atoms with E-state index in [0.29, 0.717) is 57.6 Å².